The number of halogens is 1. The molecular weight excluding hydrogens is 270 g/mol. The number of anilines is 1. The predicted molar refractivity (Wildman–Crippen MR) is 59.3 cm³/mol. The van der Waals surface area contributed by atoms with E-state index in [2.05, 4.69) is 36.7 Å². The third kappa shape index (κ3) is 2.49. The van der Waals surface area contributed by atoms with Crippen LogP contribution in [0.1, 0.15) is 4.88 Å². The van der Waals surface area contributed by atoms with Crippen molar-refractivity contribution in [2.24, 2.45) is 0 Å². The van der Waals surface area contributed by atoms with E-state index < -0.39 is 0 Å². The lowest BCUT2D eigenvalue weighted by Crippen LogP contribution is -1.95. The highest BCUT2D eigenvalue weighted by atomic mass is 79.9. The Hall–Kier alpha value is -0.460. The number of rotatable bonds is 3. The van der Waals surface area contributed by atoms with Gasteiger partial charge in [-0.25, -0.2) is 4.98 Å². The van der Waals surface area contributed by atoms with Gasteiger partial charge in [-0.2, -0.15) is 4.37 Å². The van der Waals surface area contributed by atoms with Crippen LogP contribution in [-0.4, -0.2) is 9.36 Å². The molecule has 2 rings (SSSR count). The lowest BCUT2D eigenvalue weighted by molar-refractivity contribution is 1.17. The number of hydrogen-bond acceptors (Lipinski definition) is 5. The van der Waals surface area contributed by atoms with Crippen LogP contribution in [0, 0.1) is 0 Å². The first-order valence-corrected chi connectivity index (χ1v) is 5.97. The number of nitrogens with one attached hydrogen (secondary N) is 1. The standard InChI is InChI=1S/C7H6BrN3S2/c8-6-2-1-5(12-6)3-9-7-10-4-11-13-7/h1-2,4H,3H2,(H,9,10,11). The van der Waals surface area contributed by atoms with Crippen LogP contribution in [0.4, 0.5) is 5.13 Å². The first kappa shape index (κ1) is 9.11. The smallest absolute Gasteiger partial charge is 0.202 e. The summed E-state index contributed by atoms with van der Waals surface area (Å²) in [6.07, 6.45) is 1.55. The van der Waals surface area contributed by atoms with Gasteiger partial charge in [0.15, 0.2) is 0 Å². The van der Waals surface area contributed by atoms with E-state index in [9.17, 15) is 0 Å². The molecule has 0 amide bonds. The lowest BCUT2D eigenvalue weighted by Gasteiger charge is -1.97. The minimum atomic E-state index is 0.811. The van der Waals surface area contributed by atoms with Crippen LogP contribution in [0.3, 0.4) is 0 Å². The fourth-order valence-corrected chi connectivity index (χ4v) is 2.71. The van der Waals surface area contributed by atoms with Gasteiger partial charge < -0.3 is 5.32 Å². The van der Waals surface area contributed by atoms with Crippen molar-refractivity contribution < 1.29 is 0 Å². The Balaban J connectivity index is 1.93. The van der Waals surface area contributed by atoms with Gasteiger partial charge >= 0.3 is 0 Å². The highest BCUT2D eigenvalue weighted by Crippen LogP contribution is 2.22. The van der Waals surface area contributed by atoms with Gasteiger partial charge in [0, 0.05) is 16.4 Å². The fourth-order valence-electron chi connectivity index (χ4n) is 0.860. The molecule has 2 aromatic heterocycles. The summed E-state index contributed by atoms with van der Waals surface area (Å²) in [6, 6.07) is 4.13. The largest absolute Gasteiger partial charge is 0.355 e. The quantitative estimate of drug-likeness (QED) is 0.936. The van der Waals surface area contributed by atoms with Crippen molar-refractivity contribution in [1.29, 1.82) is 0 Å². The number of aromatic nitrogens is 2. The van der Waals surface area contributed by atoms with Crippen molar-refractivity contribution in [2.75, 3.05) is 5.32 Å². The molecule has 0 aliphatic rings. The highest BCUT2D eigenvalue weighted by Gasteiger charge is 1.98. The Labute approximate surface area is 92.1 Å². The SMILES string of the molecule is Brc1ccc(CNc2ncns2)s1. The third-order valence-corrected chi connectivity index (χ3v) is 3.65. The minimum absolute atomic E-state index is 0.811. The molecule has 0 atom stereocenters. The van der Waals surface area contributed by atoms with E-state index in [0.717, 1.165) is 15.5 Å². The summed E-state index contributed by atoms with van der Waals surface area (Å²) >= 11 is 6.51. The summed E-state index contributed by atoms with van der Waals surface area (Å²) < 4.78 is 5.06. The molecule has 1 N–H and O–H groups in total. The summed E-state index contributed by atoms with van der Waals surface area (Å²) in [5.74, 6) is 0. The number of thiophene rings is 1. The molecule has 0 aliphatic carbocycles. The van der Waals surface area contributed by atoms with Crippen LogP contribution < -0.4 is 5.32 Å². The van der Waals surface area contributed by atoms with Crippen LogP contribution in [0.25, 0.3) is 0 Å². The Bertz CT molecular complexity index is 371. The molecule has 13 heavy (non-hydrogen) atoms. The van der Waals surface area contributed by atoms with Gasteiger partial charge in [0.1, 0.15) is 6.33 Å². The molecule has 0 fully saturated rings. The molecular formula is C7H6BrN3S2. The van der Waals surface area contributed by atoms with Crippen LogP contribution in [0.2, 0.25) is 0 Å². The van der Waals surface area contributed by atoms with Gasteiger partial charge in [-0.15, -0.1) is 11.3 Å². The summed E-state index contributed by atoms with van der Waals surface area (Å²) in [5.41, 5.74) is 0. The maximum Gasteiger partial charge on any atom is 0.202 e. The van der Waals surface area contributed by atoms with Gasteiger partial charge in [0.05, 0.1) is 10.3 Å². The van der Waals surface area contributed by atoms with Crippen molar-refractivity contribution in [3.63, 3.8) is 0 Å². The van der Waals surface area contributed by atoms with Gasteiger partial charge in [0.2, 0.25) is 5.13 Å². The van der Waals surface area contributed by atoms with Crippen molar-refractivity contribution in [2.45, 2.75) is 6.54 Å². The first-order chi connectivity index (χ1) is 6.34. The average Bonchev–Trinajstić information content (AvgIpc) is 2.71. The zero-order valence-electron chi connectivity index (χ0n) is 6.53. The van der Waals surface area contributed by atoms with E-state index in [1.807, 2.05) is 6.07 Å². The number of nitrogens with zero attached hydrogens (tertiary/aromatic N) is 2. The molecule has 3 nitrogen and oxygen atoms in total. The Morgan fingerprint density at radius 2 is 2.38 bits per heavy atom. The van der Waals surface area contributed by atoms with E-state index in [1.165, 1.54) is 16.4 Å². The van der Waals surface area contributed by atoms with E-state index in [0.29, 0.717) is 0 Å². The Morgan fingerprint density at radius 3 is 3.00 bits per heavy atom. The second-order valence-electron chi connectivity index (χ2n) is 2.31. The third-order valence-electron chi connectivity index (χ3n) is 1.40. The molecule has 6 heteroatoms. The second kappa shape index (κ2) is 4.17. The molecule has 0 saturated carbocycles. The van der Waals surface area contributed by atoms with Gasteiger partial charge in [-0.3, -0.25) is 0 Å². The van der Waals surface area contributed by atoms with Gasteiger partial charge in [0.25, 0.3) is 0 Å². The Morgan fingerprint density at radius 1 is 1.46 bits per heavy atom. The molecule has 2 aromatic rings. The normalized spacial score (nSPS) is 10.2. The van der Waals surface area contributed by atoms with Crippen LogP contribution in [0.5, 0.6) is 0 Å². The monoisotopic (exact) mass is 275 g/mol. The molecule has 0 aliphatic heterocycles. The first-order valence-electron chi connectivity index (χ1n) is 3.59. The summed E-state index contributed by atoms with van der Waals surface area (Å²) in [7, 11) is 0. The van der Waals surface area contributed by atoms with Crippen molar-refractivity contribution >= 4 is 43.9 Å². The van der Waals surface area contributed by atoms with Gasteiger partial charge in [-0.1, -0.05) is 0 Å². The fraction of sp³-hybridized carbons (Fsp3) is 0.143. The zero-order valence-corrected chi connectivity index (χ0v) is 9.75. The average molecular weight is 276 g/mol. The molecule has 0 bridgehead atoms. The summed E-state index contributed by atoms with van der Waals surface area (Å²) in [5, 5.41) is 4.05. The second-order valence-corrected chi connectivity index (χ2v) is 5.63. The van der Waals surface area contributed by atoms with Crippen LogP contribution in [-0.2, 0) is 6.54 Å². The molecule has 68 valence electrons. The predicted octanol–water partition coefficient (Wildman–Crippen LogP) is 2.97. The molecule has 0 radical (unpaired) electrons. The zero-order chi connectivity index (χ0) is 9.10. The van der Waals surface area contributed by atoms with E-state index >= 15 is 0 Å². The van der Waals surface area contributed by atoms with Crippen LogP contribution in [0.15, 0.2) is 22.2 Å². The van der Waals surface area contributed by atoms with E-state index in [-0.39, 0.29) is 0 Å². The molecule has 0 saturated heterocycles. The molecule has 2 heterocycles. The minimum Gasteiger partial charge on any atom is -0.355 e. The molecule has 0 aromatic carbocycles. The van der Waals surface area contributed by atoms with E-state index in [1.54, 1.807) is 17.7 Å². The van der Waals surface area contributed by atoms with Crippen molar-refractivity contribution in [3.8, 4) is 0 Å². The van der Waals surface area contributed by atoms with E-state index in [4.69, 9.17) is 0 Å². The van der Waals surface area contributed by atoms with Crippen molar-refractivity contribution in [3.05, 3.63) is 27.1 Å². The van der Waals surface area contributed by atoms with Crippen molar-refractivity contribution in [1.82, 2.24) is 9.36 Å². The maximum absolute atomic E-state index is 4.03. The maximum atomic E-state index is 4.03. The Kier molecular flexibility index (Phi) is 2.92. The highest BCUT2D eigenvalue weighted by molar-refractivity contribution is 9.11. The summed E-state index contributed by atoms with van der Waals surface area (Å²) in [6.45, 7) is 0.811. The molecule has 0 spiro atoms. The number of hydrogen-bond donors (Lipinski definition) is 1. The lowest BCUT2D eigenvalue weighted by atomic mass is 10.5. The molecule has 0 unspecified atom stereocenters. The topological polar surface area (TPSA) is 37.8 Å². The van der Waals surface area contributed by atoms with Gasteiger partial charge in [-0.05, 0) is 28.1 Å². The van der Waals surface area contributed by atoms with Crippen LogP contribution >= 0.6 is 38.8 Å². The summed E-state index contributed by atoms with van der Waals surface area (Å²) in [4.78, 5) is 5.31.